The molecule has 1 saturated heterocycles. The van der Waals surface area contributed by atoms with E-state index < -0.39 is 5.97 Å². The first-order valence-electron chi connectivity index (χ1n) is 5.55. The topological polar surface area (TPSA) is 29.5 Å². The van der Waals surface area contributed by atoms with E-state index >= 15 is 0 Å². The highest BCUT2D eigenvalue weighted by Gasteiger charge is 2.17. The van der Waals surface area contributed by atoms with Crippen LogP contribution < -0.4 is 0 Å². The third-order valence-electron chi connectivity index (χ3n) is 2.82. The number of hydrogen-bond acceptors (Lipinski definition) is 3. The molecule has 0 aromatic rings. The van der Waals surface area contributed by atoms with E-state index in [0.717, 1.165) is 19.5 Å². The molecule has 1 heterocycles. The number of rotatable bonds is 2. The zero-order valence-electron chi connectivity index (χ0n) is 9.58. The van der Waals surface area contributed by atoms with Crippen LogP contribution in [0.2, 0.25) is 0 Å². The largest absolute Gasteiger partial charge is 0.459 e. The lowest BCUT2D eigenvalue weighted by molar-refractivity contribution is -0.133. The van der Waals surface area contributed by atoms with Crippen molar-refractivity contribution in [2.75, 3.05) is 26.7 Å². The van der Waals surface area contributed by atoms with Crippen LogP contribution in [-0.4, -0.2) is 37.6 Å². The minimum absolute atomic E-state index is 0.432. The minimum Gasteiger partial charge on any atom is -0.459 e. The van der Waals surface area contributed by atoms with Crippen LogP contribution in [0, 0.1) is 17.8 Å². The number of esters is 1. The Bertz CT molecular complexity index is 265. The molecule has 15 heavy (non-hydrogen) atoms. The molecule has 1 aliphatic heterocycles. The summed E-state index contributed by atoms with van der Waals surface area (Å²) in [4.78, 5) is 13.2. The maximum atomic E-state index is 10.8. The smallest absolute Gasteiger partial charge is 0.384 e. The van der Waals surface area contributed by atoms with Gasteiger partial charge in [-0.15, -0.1) is 0 Å². The van der Waals surface area contributed by atoms with Crippen LogP contribution in [0.4, 0.5) is 0 Å². The van der Waals surface area contributed by atoms with E-state index in [4.69, 9.17) is 0 Å². The van der Waals surface area contributed by atoms with Crippen molar-refractivity contribution in [2.24, 2.45) is 5.92 Å². The Hall–Kier alpha value is -1.01. The van der Waals surface area contributed by atoms with E-state index in [1.165, 1.54) is 26.5 Å². The van der Waals surface area contributed by atoms with Gasteiger partial charge in [-0.1, -0.05) is 12.8 Å². The lowest BCUT2D eigenvalue weighted by atomic mass is 9.95. The van der Waals surface area contributed by atoms with Gasteiger partial charge in [0.25, 0.3) is 0 Å². The Morgan fingerprint density at radius 2 is 2.40 bits per heavy atom. The summed E-state index contributed by atoms with van der Waals surface area (Å²) in [6, 6.07) is 0. The zero-order chi connectivity index (χ0) is 11.1. The Morgan fingerprint density at radius 1 is 1.60 bits per heavy atom. The molecule has 0 aliphatic carbocycles. The van der Waals surface area contributed by atoms with Crippen LogP contribution in [0.3, 0.4) is 0 Å². The lowest BCUT2D eigenvalue weighted by Crippen LogP contribution is -2.34. The second-order valence-corrected chi connectivity index (χ2v) is 3.90. The molecular weight excluding hydrogens is 190 g/mol. The molecule has 0 spiro atoms. The second-order valence-electron chi connectivity index (χ2n) is 3.90. The van der Waals surface area contributed by atoms with Gasteiger partial charge in [0.05, 0.1) is 7.11 Å². The maximum absolute atomic E-state index is 10.8. The molecule has 1 unspecified atom stereocenters. The Kier molecular flexibility index (Phi) is 5.20. The predicted octanol–water partition coefficient (Wildman–Crippen LogP) is 1.28. The van der Waals surface area contributed by atoms with Crippen LogP contribution >= 0.6 is 0 Å². The van der Waals surface area contributed by atoms with Gasteiger partial charge < -0.3 is 9.64 Å². The standard InChI is InChI=1S/C12H19NO2/c1-3-13-9-5-7-11(10-13)6-4-8-12(14)15-2/h11H,3,5-7,9-10H2,1-2H3. The summed E-state index contributed by atoms with van der Waals surface area (Å²) >= 11 is 0. The monoisotopic (exact) mass is 209 g/mol. The first-order chi connectivity index (χ1) is 7.26. The van der Waals surface area contributed by atoms with Crippen LogP contribution in [-0.2, 0) is 9.53 Å². The average molecular weight is 209 g/mol. The van der Waals surface area contributed by atoms with E-state index in [2.05, 4.69) is 28.4 Å². The fourth-order valence-corrected chi connectivity index (χ4v) is 1.92. The highest BCUT2D eigenvalue weighted by molar-refractivity contribution is 5.88. The van der Waals surface area contributed by atoms with Gasteiger partial charge in [0.15, 0.2) is 0 Å². The molecule has 0 aromatic carbocycles. The molecule has 0 bridgehead atoms. The van der Waals surface area contributed by atoms with Crippen molar-refractivity contribution in [3.8, 4) is 11.8 Å². The second kappa shape index (κ2) is 6.47. The van der Waals surface area contributed by atoms with Gasteiger partial charge in [-0.3, -0.25) is 0 Å². The molecule has 3 heteroatoms. The SMILES string of the molecule is CCN1CCCC(CC#CC(=O)OC)C1. The number of nitrogens with zero attached hydrogens (tertiary/aromatic N) is 1. The average Bonchev–Trinajstić information content (AvgIpc) is 2.29. The van der Waals surface area contributed by atoms with E-state index in [9.17, 15) is 4.79 Å². The van der Waals surface area contributed by atoms with Gasteiger partial charge in [-0.25, -0.2) is 4.79 Å². The fourth-order valence-electron chi connectivity index (χ4n) is 1.92. The zero-order valence-corrected chi connectivity index (χ0v) is 9.58. The van der Waals surface area contributed by atoms with Crippen molar-refractivity contribution in [1.82, 2.24) is 4.90 Å². The van der Waals surface area contributed by atoms with Gasteiger partial charge >= 0.3 is 5.97 Å². The van der Waals surface area contributed by atoms with E-state index in [0.29, 0.717) is 5.92 Å². The van der Waals surface area contributed by atoms with Crippen LogP contribution in [0.1, 0.15) is 26.2 Å². The summed E-state index contributed by atoms with van der Waals surface area (Å²) in [5, 5.41) is 0. The molecule has 0 saturated carbocycles. The van der Waals surface area contributed by atoms with Crippen LogP contribution in [0.25, 0.3) is 0 Å². The molecule has 84 valence electrons. The van der Waals surface area contributed by atoms with Crippen molar-refractivity contribution < 1.29 is 9.53 Å². The number of carbonyl (C=O) groups excluding carboxylic acids is 1. The molecule has 3 nitrogen and oxygen atoms in total. The number of likely N-dealkylation sites (tertiary alicyclic amines) is 1. The molecule has 0 aromatic heterocycles. The summed E-state index contributed by atoms with van der Waals surface area (Å²) in [7, 11) is 1.36. The fraction of sp³-hybridized carbons (Fsp3) is 0.750. The highest BCUT2D eigenvalue weighted by atomic mass is 16.5. The van der Waals surface area contributed by atoms with Crippen molar-refractivity contribution in [3.63, 3.8) is 0 Å². The number of hydrogen-bond donors (Lipinski definition) is 0. The summed E-state index contributed by atoms with van der Waals surface area (Å²) in [6.07, 6.45) is 3.29. The Balaban J connectivity index is 2.31. The summed E-state index contributed by atoms with van der Waals surface area (Å²) in [5.41, 5.74) is 0. The van der Waals surface area contributed by atoms with Gasteiger partial charge in [-0.2, -0.15) is 0 Å². The highest BCUT2D eigenvalue weighted by Crippen LogP contribution is 2.18. The molecule has 1 fully saturated rings. The van der Waals surface area contributed by atoms with Gasteiger partial charge in [0.1, 0.15) is 0 Å². The quantitative estimate of drug-likeness (QED) is 0.390. The number of methoxy groups -OCH3 is 1. The Morgan fingerprint density at radius 3 is 3.07 bits per heavy atom. The summed E-state index contributed by atoms with van der Waals surface area (Å²) < 4.78 is 4.46. The Labute approximate surface area is 91.8 Å². The van der Waals surface area contributed by atoms with Crippen molar-refractivity contribution in [1.29, 1.82) is 0 Å². The van der Waals surface area contributed by atoms with E-state index in [1.54, 1.807) is 0 Å². The molecule has 1 rings (SSSR count). The van der Waals surface area contributed by atoms with Crippen molar-refractivity contribution in [2.45, 2.75) is 26.2 Å². The van der Waals surface area contributed by atoms with Gasteiger partial charge in [0, 0.05) is 18.9 Å². The summed E-state index contributed by atoms with van der Waals surface area (Å²) in [6.45, 7) is 5.62. The first kappa shape index (κ1) is 12.1. The lowest BCUT2D eigenvalue weighted by Gasteiger charge is -2.30. The number of carbonyl (C=O) groups is 1. The first-order valence-corrected chi connectivity index (χ1v) is 5.55. The van der Waals surface area contributed by atoms with Gasteiger partial charge in [0.2, 0.25) is 0 Å². The van der Waals surface area contributed by atoms with Crippen molar-refractivity contribution >= 4 is 5.97 Å². The molecule has 0 amide bonds. The van der Waals surface area contributed by atoms with Crippen LogP contribution in [0.5, 0.6) is 0 Å². The number of ether oxygens (including phenoxy) is 1. The molecule has 1 aliphatic rings. The molecule has 1 atom stereocenters. The molecule has 0 N–H and O–H groups in total. The predicted molar refractivity (Wildman–Crippen MR) is 59.2 cm³/mol. The third kappa shape index (κ3) is 4.35. The van der Waals surface area contributed by atoms with Crippen molar-refractivity contribution in [3.05, 3.63) is 0 Å². The van der Waals surface area contributed by atoms with E-state index in [1.807, 2.05) is 0 Å². The normalized spacial score (nSPS) is 21.6. The van der Waals surface area contributed by atoms with Crippen LogP contribution in [0.15, 0.2) is 0 Å². The summed E-state index contributed by atoms with van der Waals surface area (Å²) in [5.74, 6) is 5.57. The molecule has 0 radical (unpaired) electrons. The van der Waals surface area contributed by atoms with E-state index in [-0.39, 0.29) is 0 Å². The third-order valence-corrected chi connectivity index (χ3v) is 2.82. The molecular formula is C12H19NO2. The van der Waals surface area contributed by atoms with Gasteiger partial charge in [-0.05, 0) is 31.8 Å². The number of piperidine rings is 1. The maximum Gasteiger partial charge on any atom is 0.384 e. The minimum atomic E-state index is -0.432.